The molecule has 1 fully saturated rings. The summed E-state index contributed by atoms with van der Waals surface area (Å²) in [7, 11) is -3.33. The van der Waals surface area contributed by atoms with E-state index in [1.165, 1.54) is 13.2 Å². The Morgan fingerprint density at radius 2 is 1.71 bits per heavy atom. The lowest BCUT2D eigenvalue weighted by Crippen LogP contribution is -2.51. The maximum Gasteiger partial charge on any atom is 0.294 e. The van der Waals surface area contributed by atoms with E-state index >= 15 is 0 Å². The fourth-order valence-corrected chi connectivity index (χ4v) is 5.75. The van der Waals surface area contributed by atoms with Gasteiger partial charge in [0.1, 0.15) is 0 Å². The van der Waals surface area contributed by atoms with Crippen molar-refractivity contribution in [3.8, 4) is 11.1 Å². The first-order chi connectivity index (χ1) is 16.2. The zero-order valence-corrected chi connectivity index (χ0v) is 19.7. The van der Waals surface area contributed by atoms with Crippen molar-refractivity contribution in [2.45, 2.75) is 38.0 Å². The number of hydrogen-bond donors (Lipinski definition) is 1. The van der Waals surface area contributed by atoms with Crippen molar-refractivity contribution < 1.29 is 22.4 Å². The van der Waals surface area contributed by atoms with E-state index in [-0.39, 0.29) is 28.9 Å². The zero-order chi connectivity index (χ0) is 24.0. The van der Waals surface area contributed by atoms with Crippen molar-refractivity contribution in [2.24, 2.45) is 0 Å². The molecule has 0 radical (unpaired) electrons. The summed E-state index contributed by atoms with van der Waals surface area (Å²) in [6, 6.07) is 15.8. The number of carbonyl (C=O) groups excluding carboxylic acids is 2. The SMILES string of the molecule is CC(=O)N1c2ccc(-c3ccc(NS(=O)(=O)C4CC4)cc3)cc2N(C(=O)c2ccco2)CC1C. The highest BCUT2D eigenvalue weighted by atomic mass is 32.2. The van der Waals surface area contributed by atoms with Crippen molar-refractivity contribution in [2.75, 3.05) is 21.1 Å². The quantitative estimate of drug-likeness (QED) is 0.590. The summed E-state index contributed by atoms with van der Waals surface area (Å²) in [5.41, 5.74) is 3.48. The predicted molar refractivity (Wildman–Crippen MR) is 130 cm³/mol. The molecule has 1 N–H and O–H groups in total. The van der Waals surface area contributed by atoms with Crippen molar-refractivity contribution in [1.82, 2.24) is 0 Å². The number of amides is 2. The molecule has 9 heteroatoms. The van der Waals surface area contributed by atoms with Crippen LogP contribution in [0.5, 0.6) is 0 Å². The Morgan fingerprint density at radius 3 is 2.32 bits per heavy atom. The van der Waals surface area contributed by atoms with Crippen LogP contribution in [0.1, 0.15) is 37.2 Å². The zero-order valence-electron chi connectivity index (χ0n) is 18.9. The van der Waals surface area contributed by atoms with Gasteiger partial charge < -0.3 is 14.2 Å². The molecule has 2 aliphatic rings. The van der Waals surface area contributed by atoms with Gasteiger partial charge in [0.2, 0.25) is 15.9 Å². The van der Waals surface area contributed by atoms with Gasteiger partial charge >= 0.3 is 0 Å². The highest BCUT2D eigenvalue weighted by molar-refractivity contribution is 7.93. The van der Waals surface area contributed by atoms with Crippen LogP contribution in [0.25, 0.3) is 11.1 Å². The van der Waals surface area contributed by atoms with Gasteiger partial charge in [0, 0.05) is 19.2 Å². The maximum absolute atomic E-state index is 13.2. The first-order valence-electron chi connectivity index (χ1n) is 11.2. The molecule has 1 aliphatic heterocycles. The summed E-state index contributed by atoms with van der Waals surface area (Å²) in [4.78, 5) is 28.9. The minimum absolute atomic E-state index is 0.0982. The number of sulfonamides is 1. The third-order valence-electron chi connectivity index (χ3n) is 6.17. The van der Waals surface area contributed by atoms with Crippen LogP contribution < -0.4 is 14.5 Å². The van der Waals surface area contributed by atoms with Gasteiger partial charge in [0.25, 0.3) is 5.91 Å². The molecule has 1 saturated carbocycles. The second-order valence-electron chi connectivity index (χ2n) is 8.76. The van der Waals surface area contributed by atoms with Crippen LogP contribution >= 0.6 is 0 Å². The molecule has 0 spiro atoms. The first kappa shape index (κ1) is 22.2. The summed E-state index contributed by atoms with van der Waals surface area (Å²) in [6.45, 7) is 3.75. The van der Waals surface area contributed by atoms with Gasteiger partial charge in [0.05, 0.1) is 28.9 Å². The van der Waals surface area contributed by atoms with E-state index in [2.05, 4.69) is 4.72 Å². The van der Waals surface area contributed by atoms with E-state index in [0.29, 0.717) is 36.4 Å². The van der Waals surface area contributed by atoms with Crippen molar-refractivity contribution in [3.63, 3.8) is 0 Å². The lowest BCUT2D eigenvalue weighted by Gasteiger charge is -2.40. The fraction of sp³-hybridized carbons (Fsp3) is 0.280. The van der Waals surface area contributed by atoms with Gasteiger partial charge in [-0.25, -0.2) is 8.42 Å². The highest BCUT2D eigenvalue weighted by Gasteiger charge is 2.36. The molecule has 8 nitrogen and oxygen atoms in total. The van der Waals surface area contributed by atoms with Crippen LogP contribution in [0.3, 0.4) is 0 Å². The number of benzene rings is 2. The molecule has 0 saturated heterocycles. The Hall–Kier alpha value is -3.59. The van der Waals surface area contributed by atoms with Gasteiger partial charge in [-0.2, -0.15) is 0 Å². The van der Waals surface area contributed by atoms with Crippen LogP contribution in [-0.2, 0) is 14.8 Å². The number of hydrogen-bond acceptors (Lipinski definition) is 5. The normalized spacial score (nSPS) is 17.9. The lowest BCUT2D eigenvalue weighted by atomic mass is 10.00. The minimum atomic E-state index is -3.33. The lowest BCUT2D eigenvalue weighted by molar-refractivity contribution is -0.117. The maximum atomic E-state index is 13.2. The van der Waals surface area contributed by atoms with E-state index < -0.39 is 10.0 Å². The molecule has 1 unspecified atom stereocenters. The number of anilines is 3. The molecule has 34 heavy (non-hydrogen) atoms. The second kappa shape index (κ2) is 8.32. The van der Waals surface area contributed by atoms with Gasteiger partial charge in [-0.3, -0.25) is 14.3 Å². The first-order valence-corrected chi connectivity index (χ1v) is 12.7. The number of nitrogens with one attached hydrogen (secondary N) is 1. The van der Waals surface area contributed by atoms with Gasteiger partial charge in [-0.1, -0.05) is 18.2 Å². The molecule has 5 rings (SSSR count). The second-order valence-corrected chi connectivity index (χ2v) is 10.7. The average molecular weight is 480 g/mol. The van der Waals surface area contributed by atoms with E-state index in [0.717, 1.165) is 11.1 Å². The summed E-state index contributed by atoms with van der Waals surface area (Å²) >= 11 is 0. The Morgan fingerprint density at radius 1 is 1.00 bits per heavy atom. The number of furan rings is 1. The Labute approximate surface area is 198 Å². The smallest absolute Gasteiger partial charge is 0.294 e. The Kier molecular flexibility index (Phi) is 5.44. The molecule has 1 aromatic heterocycles. The summed E-state index contributed by atoms with van der Waals surface area (Å²) in [5, 5.41) is -0.294. The van der Waals surface area contributed by atoms with Crippen LogP contribution in [0.15, 0.2) is 65.3 Å². The van der Waals surface area contributed by atoms with E-state index in [4.69, 9.17) is 4.42 Å². The number of rotatable bonds is 5. The third kappa shape index (κ3) is 4.07. The molecule has 0 bridgehead atoms. The standard InChI is InChI=1S/C25H25N3O5S/c1-16-15-27(25(30)24-4-3-13-33-24)23-14-19(7-12-22(23)28(16)17(2)29)18-5-8-20(9-6-18)26-34(31,32)21-10-11-21/h3-9,12-14,16,21,26H,10-11,15H2,1-2H3. The number of carbonyl (C=O) groups is 2. The molecular formula is C25H25N3O5S. The molecular weight excluding hydrogens is 454 g/mol. The molecule has 2 amide bonds. The van der Waals surface area contributed by atoms with Crippen molar-refractivity contribution in [3.05, 3.63) is 66.6 Å². The summed E-state index contributed by atoms with van der Waals surface area (Å²) < 4.78 is 32.4. The largest absolute Gasteiger partial charge is 0.459 e. The molecule has 1 aliphatic carbocycles. The topological polar surface area (TPSA) is 99.9 Å². The van der Waals surface area contributed by atoms with E-state index in [1.807, 2.05) is 37.3 Å². The van der Waals surface area contributed by atoms with Crippen molar-refractivity contribution >= 4 is 38.9 Å². The van der Waals surface area contributed by atoms with Crippen molar-refractivity contribution in [1.29, 1.82) is 0 Å². The van der Waals surface area contributed by atoms with E-state index in [1.54, 1.807) is 34.1 Å². The van der Waals surface area contributed by atoms with Crippen LogP contribution in [-0.4, -0.2) is 38.1 Å². The monoisotopic (exact) mass is 479 g/mol. The predicted octanol–water partition coefficient (Wildman–Crippen LogP) is 4.25. The number of nitrogens with zero attached hydrogens (tertiary/aromatic N) is 2. The van der Waals surface area contributed by atoms with Gasteiger partial charge in [-0.15, -0.1) is 0 Å². The van der Waals surface area contributed by atoms with E-state index in [9.17, 15) is 18.0 Å². The van der Waals surface area contributed by atoms with Crippen LogP contribution in [0, 0.1) is 0 Å². The average Bonchev–Trinajstić information content (AvgIpc) is 3.54. The molecule has 3 aromatic rings. The molecule has 1 atom stereocenters. The molecule has 2 aromatic carbocycles. The Bertz CT molecular complexity index is 1350. The van der Waals surface area contributed by atoms with Crippen LogP contribution in [0.4, 0.5) is 17.1 Å². The summed E-state index contributed by atoms with van der Waals surface area (Å²) in [6.07, 6.45) is 2.86. The summed E-state index contributed by atoms with van der Waals surface area (Å²) in [5.74, 6) is -0.144. The Balaban J connectivity index is 1.50. The van der Waals surface area contributed by atoms with Gasteiger partial charge in [-0.05, 0) is 67.3 Å². The highest BCUT2D eigenvalue weighted by Crippen LogP contribution is 2.40. The van der Waals surface area contributed by atoms with Crippen LogP contribution in [0.2, 0.25) is 0 Å². The molecule has 176 valence electrons. The fourth-order valence-electron chi connectivity index (χ4n) is 4.37. The number of fused-ring (bicyclic) bond motifs is 1. The van der Waals surface area contributed by atoms with Gasteiger partial charge in [0.15, 0.2) is 5.76 Å². The molecule has 2 heterocycles. The minimum Gasteiger partial charge on any atom is -0.459 e. The third-order valence-corrected chi connectivity index (χ3v) is 8.04.